The van der Waals surface area contributed by atoms with Crippen LogP contribution in [0.2, 0.25) is 0 Å². The zero-order valence-corrected chi connectivity index (χ0v) is 32.9. The summed E-state index contributed by atoms with van der Waals surface area (Å²) >= 11 is 0. The van der Waals surface area contributed by atoms with Gasteiger partial charge in [0.25, 0.3) is 0 Å². The number of amides is 5. The minimum absolute atomic E-state index is 0.0676. The van der Waals surface area contributed by atoms with E-state index in [4.69, 9.17) is 18.9 Å². The largest absolute Gasteiger partial charge is 0.394 e. The Balaban J connectivity index is 1.44. The van der Waals surface area contributed by atoms with Crippen molar-refractivity contribution in [2.75, 3.05) is 13.2 Å². The van der Waals surface area contributed by atoms with E-state index < -0.39 is 129 Å². The van der Waals surface area contributed by atoms with Crippen LogP contribution in [-0.2, 0) is 33.3 Å². The summed E-state index contributed by atoms with van der Waals surface area (Å²) in [6.07, 6.45) is -12.7. The van der Waals surface area contributed by atoms with Crippen molar-refractivity contribution in [2.24, 2.45) is 5.92 Å². The van der Waals surface area contributed by atoms with E-state index in [1.165, 1.54) is 19.3 Å². The number of rotatable bonds is 20. The summed E-state index contributed by atoms with van der Waals surface area (Å²) in [4.78, 5) is 50.3. The van der Waals surface area contributed by atoms with Gasteiger partial charge >= 0.3 is 6.03 Å². The number of hydrogen-bond acceptors (Lipinski definition) is 16. The van der Waals surface area contributed by atoms with Crippen LogP contribution in [0.5, 0.6) is 0 Å². The fourth-order valence-corrected chi connectivity index (χ4v) is 7.72. The summed E-state index contributed by atoms with van der Waals surface area (Å²) in [6.45, 7) is 4.67. The predicted molar refractivity (Wildman–Crippen MR) is 196 cm³/mol. The highest BCUT2D eigenvalue weighted by molar-refractivity contribution is 5.96. The highest BCUT2D eigenvalue weighted by Gasteiger charge is 2.54. The van der Waals surface area contributed by atoms with Crippen LogP contribution in [-0.4, -0.2) is 175 Å². The molecule has 328 valence electrons. The third-order valence-electron chi connectivity index (χ3n) is 11.0. The molecule has 20 nitrogen and oxygen atoms in total. The van der Waals surface area contributed by atoms with E-state index in [1.807, 2.05) is 0 Å². The van der Waals surface area contributed by atoms with E-state index in [0.717, 1.165) is 43.9 Å². The van der Waals surface area contributed by atoms with Crippen molar-refractivity contribution >= 4 is 23.8 Å². The van der Waals surface area contributed by atoms with Crippen LogP contribution in [0.3, 0.4) is 0 Å². The third-order valence-corrected chi connectivity index (χ3v) is 11.0. The van der Waals surface area contributed by atoms with Gasteiger partial charge in [-0.3, -0.25) is 24.6 Å². The highest BCUT2D eigenvalue weighted by Crippen LogP contribution is 2.33. The van der Waals surface area contributed by atoms with Gasteiger partial charge in [0.1, 0.15) is 60.9 Å². The van der Waals surface area contributed by atoms with Crippen LogP contribution in [0.1, 0.15) is 97.8 Å². The van der Waals surface area contributed by atoms with Crippen molar-refractivity contribution in [1.29, 1.82) is 0 Å². The molecule has 0 saturated carbocycles. The number of aliphatic hydroxyl groups is 8. The molecule has 0 radical (unpaired) electrons. The molecular formula is C37H64N4O16. The monoisotopic (exact) mass is 820 g/mol. The number of carbonyl (C=O) groups excluding carboxylic acids is 4. The second kappa shape index (κ2) is 22.1. The van der Waals surface area contributed by atoms with Crippen LogP contribution >= 0.6 is 0 Å². The molecule has 4 saturated heterocycles. The molecule has 0 bridgehead atoms. The molecule has 4 heterocycles. The van der Waals surface area contributed by atoms with Crippen molar-refractivity contribution in [3.63, 3.8) is 0 Å². The molecule has 4 aliphatic rings. The van der Waals surface area contributed by atoms with Crippen LogP contribution in [0.4, 0.5) is 4.79 Å². The maximum absolute atomic E-state index is 13.2. The summed E-state index contributed by atoms with van der Waals surface area (Å²) in [7, 11) is 0. The summed E-state index contributed by atoms with van der Waals surface area (Å²) in [6, 6.07) is -3.79. The molecule has 4 fully saturated rings. The molecule has 20 heteroatoms. The van der Waals surface area contributed by atoms with Crippen molar-refractivity contribution in [3.8, 4) is 0 Å². The predicted octanol–water partition coefficient (Wildman–Crippen LogP) is -2.43. The summed E-state index contributed by atoms with van der Waals surface area (Å²) in [5.41, 5.74) is 0. The molecule has 5 amide bonds. The van der Waals surface area contributed by atoms with Gasteiger partial charge in [0.15, 0.2) is 18.8 Å². The molecule has 0 spiro atoms. The maximum Gasteiger partial charge on any atom is 0.326 e. The lowest BCUT2D eigenvalue weighted by atomic mass is 9.91. The van der Waals surface area contributed by atoms with E-state index in [-0.39, 0.29) is 19.4 Å². The quantitative estimate of drug-likeness (QED) is 0.0570. The van der Waals surface area contributed by atoms with Crippen LogP contribution in [0.15, 0.2) is 0 Å². The van der Waals surface area contributed by atoms with Gasteiger partial charge in [0, 0.05) is 32.7 Å². The van der Waals surface area contributed by atoms with Crippen molar-refractivity contribution < 1.29 is 79.0 Å². The number of imide groups is 1. The molecule has 11 N–H and O–H groups in total. The zero-order valence-electron chi connectivity index (χ0n) is 32.9. The van der Waals surface area contributed by atoms with E-state index in [1.54, 1.807) is 0 Å². The van der Waals surface area contributed by atoms with Crippen LogP contribution in [0, 0.1) is 5.92 Å². The summed E-state index contributed by atoms with van der Waals surface area (Å²) < 4.78 is 23.4. The van der Waals surface area contributed by atoms with Crippen LogP contribution < -0.4 is 16.0 Å². The first-order chi connectivity index (χ1) is 27.0. The van der Waals surface area contributed by atoms with E-state index >= 15 is 0 Å². The lowest BCUT2D eigenvalue weighted by molar-refractivity contribution is -0.347. The number of ether oxygens (including phenoxy) is 4. The Labute approximate surface area is 332 Å². The smallest absolute Gasteiger partial charge is 0.326 e. The number of urea groups is 1. The van der Waals surface area contributed by atoms with E-state index in [9.17, 15) is 60.0 Å². The van der Waals surface area contributed by atoms with Gasteiger partial charge in [0.05, 0.1) is 18.8 Å². The Morgan fingerprint density at radius 2 is 1.35 bits per heavy atom. The number of carbonyl (C=O) groups is 4. The number of unbranched alkanes of at least 4 members (excludes halogenated alkanes) is 7. The lowest BCUT2D eigenvalue weighted by Gasteiger charge is -2.47. The first kappa shape index (κ1) is 47.1. The fourth-order valence-electron chi connectivity index (χ4n) is 7.72. The van der Waals surface area contributed by atoms with Gasteiger partial charge in [-0.15, -0.1) is 0 Å². The first-order valence-corrected chi connectivity index (χ1v) is 20.2. The number of nitrogens with zero attached hydrogens (tertiary/aromatic N) is 1. The molecule has 57 heavy (non-hydrogen) atoms. The Morgan fingerprint density at radius 1 is 0.789 bits per heavy atom. The molecule has 0 aromatic heterocycles. The second-order valence-corrected chi connectivity index (χ2v) is 16.0. The van der Waals surface area contributed by atoms with Gasteiger partial charge in [-0.1, -0.05) is 65.2 Å². The molecule has 0 unspecified atom stereocenters. The molecule has 0 aromatic rings. The lowest BCUT2D eigenvalue weighted by Crippen LogP contribution is -2.69. The topological polar surface area (TPSA) is 306 Å². The van der Waals surface area contributed by atoms with Crippen molar-refractivity contribution in [1.82, 2.24) is 20.9 Å². The first-order valence-electron chi connectivity index (χ1n) is 20.2. The Morgan fingerprint density at radius 3 is 1.93 bits per heavy atom. The van der Waals surface area contributed by atoms with Gasteiger partial charge < -0.3 is 70.4 Å². The second-order valence-electron chi connectivity index (χ2n) is 16.0. The summed E-state index contributed by atoms with van der Waals surface area (Å²) in [5.74, 6) is -0.995. The number of hydrogen-bond donors (Lipinski definition) is 11. The van der Waals surface area contributed by atoms with Gasteiger partial charge in [0.2, 0.25) is 17.7 Å². The Kier molecular flexibility index (Phi) is 18.3. The Bertz CT molecular complexity index is 1310. The van der Waals surface area contributed by atoms with Gasteiger partial charge in [-0.25, -0.2) is 4.79 Å². The maximum atomic E-state index is 13.2. The van der Waals surface area contributed by atoms with Crippen molar-refractivity contribution in [2.45, 2.75) is 190 Å². The molecule has 15 atom stereocenters. The third kappa shape index (κ3) is 12.7. The van der Waals surface area contributed by atoms with E-state index in [0.29, 0.717) is 12.3 Å². The SMILES string of the molecule is CC(=O)N[C@H]1[C@@H](O[C@@H]2O[C@H](C[C@@H](O)[C@H]3O[C@@H](N4CCC(=O)NC4=O)[C@H](O)[C@@H]3O)[C@H](O)[C@H](O)[C@H]2NC(=O)CCCCCCCCCCC(C)C)O[C@H](CO)[C@@H](O)[C@@H]1O. The minimum Gasteiger partial charge on any atom is -0.394 e. The molecule has 0 aromatic carbocycles. The highest BCUT2D eigenvalue weighted by atomic mass is 16.8. The Hall–Kier alpha value is -2.60. The van der Waals surface area contributed by atoms with Crippen LogP contribution in [0.25, 0.3) is 0 Å². The normalized spacial score (nSPS) is 36.6. The number of aliphatic hydroxyl groups excluding tert-OH is 8. The fraction of sp³-hybridized carbons (Fsp3) is 0.892. The summed E-state index contributed by atoms with van der Waals surface area (Å²) in [5, 5.41) is 93.7. The van der Waals surface area contributed by atoms with E-state index in [2.05, 4.69) is 29.8 Å². The zero-order chi connectivity index (χ0) is 42.0. The number of nitrogens with one attached hydrogen (secondary N) is 3. The molecule has 4 rings (SSSR count). The average Bonchev–Trinajstić information content (AvgIpc) is 3.45. The molecule has 0 aliphatic carbocycles. The molecule has 4 aliphatic heterocycles. The van der Waals surface area contributed by atoms with Gasteiger partial charge in [-0.2, -0.15) is 0 Å². The van der Waals surface area contributed by atoms with Gasteiger partial charge in [-0.05, 0) is 12.3 Å². The average molecular weight is 821 g/mol. The minimum atomic E-state index is -1.81. The molecular weight excluding hydrogens is 756 g/mol. The van der Waals surface area contributed by atoms with Crippen molar-refractivity contribution in [3.05, 3.63) is 0 Å². The standard InChI is InChI=1S/C37H64N4O16/c1-18(2)12-10-8-6-4-5-7-9-11-13-23(45)39-26-30(50)27(47)21(54-36(26)57-35-25(38-19(3)43)29(49)28(48)22(17-42)55-35)16-20(44)33-31(51)32(52)34(56-33)41-15-14-24(46)40-37(41)53/h18,20-22,25-36,42,44,47-52H,4-17H2,1-3H3,(H,38,43)(H,39,45)(H,40,46,53)/t20-,21-,22-,25-,26-,27+,28-,29-,30-,31+,32-,33-,34-,35-,36+/m1/s1.